The maximum atomic E-state index is 6.10. The molecule has 2 rings (SSSR count). The van der Waals surface area contributed by atoms with E-state index in [0.29, 0.717) is 12.0 Å². The standard InChI is InChI=1S/C15H23NO2/c1-4-16-13-9-15(11(2)10-17-3)18-14-8-6-5-7-12(13)14/h5-8,11,13,15-16H,4,9-10H2,1-3H3. The molecular weight excluding hydrogens is 226 g/mol. The molecule has 0 fully saturated rings. The first-order valence-electron chi connectivity index (χ1n) is 6.74. The number of para-hydroxylation sites is 1. The van der Waals surface area contributed by atoms with E-state index in [4.69, 9.17) is 9.47 Å². The highest BCUT2D eigenvalue weighted by Crippen LogP contribution is 2.36. The minimum absolute atomic E-state index is 0.226. The Balaban J connectivity index is 2.17. The molecular formula is C15H23NO2. The maximum absolute atomic E-state index is 6.10. The molecule has 0 bridgehead atoms. The highest BCUT2D eigenvalue weighted by Gasteiger charge is 2.30. The van der Waals surface area contributed by atoms with Gasteiger partial charge in [0.05, 0.1) is 6.61 Å². The molecule has 0 spiro atoms. The van der Waals surface area contributed by atoms with Crippen LogP contribution in [-0.2, 0) is 4.74 Å². The van der Waals surface area contributed by atoms with E-state index < -0.39 is 0 Å². The van der Waals surface area contributed by atoms with Crippen molar-refractivity contribution in [3.63, 3.8) is 0 Å². The first-order valence-corrected chi connectivity index (χ1v) is 6.74. The predicted molar refractivity (Wildman–Crippen MR) is 72.9 cm³/mol. The van der Waals surface area contributed by atoms with Crippen LogP contribution in [0, 0.1) is 5.92 Å². The molecule has 0 saturated heterocycles. The van der Waals surface area contributed by atoms with Crippen LogP contribution in [0.2, 0.25) is 0 Å². The van der Waals surface area contributed by atoms with E-state index in [1.165, 1.54) is 5.56 Å². The topological polar surface area (TPSA) is 30.5 Å². The Labute approximate surface area is 109 Å². The van der Waals surface area contributed by atoms with Crippen molar-refractivity contribution in [3.05, 3.63) is 29.8 Å². The fourth-order valence-corrected chi connectivity index (χ4v) is 2.60. The SMILES string of the molecule is CCNC1CC(C(C)COC)Oc2ccccc21. The van der Waals surface area contributed by atoms with E-state index in [-0.39, 0.29) is 6.10 Å². The summed E-state index contributed by atoms with van der Waals surface area (Å²) in [4.78, 5) is 0. The van der Waals surface area contributed by atoms with Gasteiger partial charge in [-0.1, -0.05) is 32.0 Å². The van der Waals surface area contributed by atoms with Gasteiger partial charge in [-0.2, -0.15) is 0 Å². The van der Waals surface area contributed by atoms with Gasteiger partial charge in [-0.25, -0.2) is 0 Å². The summed E-state index contributed by atoms with van der Waals surface area (Å²) in [5.41, 5.74) is 1.28. The normalized spacial score (nSPS) is 24.2. The zero-order valence-electron chi connectivity index (χ0n) is 11.5. The Morgan fingerprint density at radius 1 is 1.44 bits per heavy atom. The third-order valence-electron chi connectivity index (χ3n) is 3.56. The first kappa shape index (κ1) is 13.4. The summed E-state index contributed by atoms with van der Waals surface area (Å²) in [5.74, 6) is 1.42. The van der Waals surface area contributed by atoms with Crippen molar-refractivity contribution >= 4 is 0 Å². The number of hydrogen-bond donors (Lipinski definition) is 1. The average Bonchev–Trinajstić information content (AvgIpc) is 2.39. The Morgan fingerprint density at radius 3 is 2.94 bits per heavy atom. The molecule has 0 radical (unpaired) electrons. The Hall–Kier alpha value is -1.06. The van der Waals surface area contributed by atoms with Crippen LogP contribution in [0.15, 0.2) is 24.3 Å². The van der Waals surface area contributed by atoms with E-state index in [2.05, 4.69) is 37.4 Å². The van der Waals surface area contributed by atoms with Gasteiger partial charge in [-0.15, -0.1) is 0 Å². The second-order valence-electron chi connectivity index (χ2n) is 4.97. The number of nitrogens with one attached hydrogen (secondary N) is 1. The van der Waals surface area contributed by atoms with Crippen molar-refractivity contribution in [2.45, 2.75) is 32.4 Å². The van der Waals surface area contributed by atoms with Crippen LogP contribution < -0.4 is 10.1 Å². The number of hydrogen-bond acceptors (Lipinski definition) is 3. The third kappa shape index (κ3) is 2.85. The molecule has 0 saturated carbocycles. The van der Waals surface area contributed by atoms with E-state index in [0.717, 1.165) is 25.3 Å². The van der Waals surface area contributed by atoms with Crippen LogP contribution in [-0.4, -0.2) is 26.4 Å². The lowest BCUT2D eigenvalue weighted by atomic mass is 9.91. The summed E-state index contributed by atoms with van der Waals surface area (Å²) in [6, 6.07) is 8.71. The van der Waals surface area contributed by atoms with Gasteiger partial charge in [0.25, 0.3) is 0 Å². The summed E-state index contributed by atoms with van der Waals surface area (Å²) in [7, 11) is 1.75. The summed E-state index contributed by atoms with van der Waals surface area (Å²) in [6.45, 7) is 6.05. The molecule has 100 valence electrons. The fourth-order valence-electron chi connectivity index (χ4n) is 2.60. The van der Waals surface area contributed by atoms with Gasteiger partial charge in [0.15, 0.2) is 0 Å². The number of methoxy groups -OCH3 is 1. The van der Waals surface area contributed by atoms with Crippen LogP contribution in [0.1, 0.15) is 31.9 Å². The highest BCUT2D eigenvalue weighted by molar-refractivity contribution is 5.38. The monoisotopic (exact) mass is 249 g/mol. The van der Waals surface area contributed by atoms with Gasteiger partial charge in [0.1, 0.15) is 11.9 Å². The van der Waals surface area contributed by atoms with Crippen molar-refractivity contribution in [2.24, 2.45) is 5.92 Å². The zero-order chi connectivity index (χ0) is 13.0. The molecule has 0 amide bonds. The lowest BCUT2D eigenvalue weighted by Crippen LogP contribution is -2.37. The minimum Gasteiger partial charge on any atom is -0.490 e. The van der Waals surface area contributed by atoms with Crippen molar-refractivity contribution in [3.8, 4) is 5.75 Å². The quantitative estimate of drug-likeness (QED) is 0.870. The van der Waals surface area contributed by atoms with Gasteiger partial charge < -0.3 is 14.8 Å². The van der Waals surface area contributed by atoms with Crippen LogP contribution in [0.25, 0.3) is 0 Å². The summed E-state index contributed by atoms with van der Waals surface area (Å²) < 4.78 is 11.3. The molecule has 1 aromatic carbocycles. The van der Waals surface area contributed by atoms with Crippen LogP contribution >= 0.6 is 0 Å². The Kier molecular flexibility index (Phi) is 4.61. The van der Waals surface area contributed by atoms with Gasteiger partial charge in [0.2, 0.25) is 0 Å². The van der Waals surface area contributed by atoms with Crippen molar-refractivity contribution in [2.75, 3.05) is 20.3 Å². The summed E-state index contributed by atoms with van der Waals surface area (Å²) in [6.07, 6.45) is 1.24. The van der Waals surface area contributed by atoms with E-state index in [1.807, 2.05) is 6.07 Å². The Morgan fingerprint density at radius 2 is 2.22 bits per heavy atom. The van der Waals surface area contributed by atoms with Gasteiger partial charge in [-0.3, -0.25) is 0 Å². The molecule has 1 aliphatic heterocycles. The Bertz CT molecular complexity index is 381. The lowest BCUT2D eigenvalue weighted by molar-refractivity contribution is 0.0503. The van der Waals surface area contributed by atoms with Crippen molar-refractivity contribution < 1.29 is 9.47 Å². The molecule has 0 aromatic heterocycles. The molecule has 1 aromatic rings. The van der Waals surface area contributed by atoms with Crippen LogP contribution in [0.4, 0.5) is 0 Å². The van der Waals surface area contributed by atoms with Crippen molar-refractivity contribution in [1.29, 1.82) is 0 Å². The largest absolute Gasteiger partial charge is 0.490 e. The second kappa shape index (κ2) is 6.21. The zero-order valence-corrected chi connectivity index (χ0v) is 11.5. The number of rotatable bonds is 5. The third-order valence-corrected chi connectivity index (χ3v) is 3.56. The molecule has 3 nitrogen and oxygen atoms in total. The minimum atomic E-state index is 0.226. The van der Waals surface area contributed by atoms with Gasteiger partial charge >= 0.3 is 0 Å². The molecule has 0 aliphatic carbocycles. The predicted octanol–water partition coefficient (Wildman–Crippen LogP) is 2.77. The molecule has 1 aliphatic rings. The fraction of sp³-hybridized carbons (Fsp3) is 0.600. The summed E-state index contributed by atoms with van der Waals surface area (Å²) >= 11 is 0. The van der Waals surface area contributed by atoms with Gasteiger partial charge in [-0.05, 0) is 12.6 Å². The second-order valence-corrected chi connectivity index (χ2v) is 4.97. The van der Waals surface area contributed by atoms with Crippen LogP contribution in [0.5, 0.6) is 5.75 Å². The number of benzene rings is 1. The molecule has 18 heavy (non-hydrogen) atoms. The molecule has 3 unspecified atom stereocenters. The summed E-state index contributed by atoms with van der Waals surface area (Å²) in [5, 5.41) is 3.55. The van der Waals surface area contributed by atoms with E-state index in [9.17, 15) is 0 Å². The molecule has 3 atom stereocenters. The van der Waals surface area contributed by atoms with E-state index in [1.54, 1.807) is 7.11 Å². The number of fused-ring (bicyclic) bond motifs is 1. The molecule has 1 heterocycles. The average molecular weight is 249 g/mol. The van der Waals surface area contributed by atoms with E-state index >= 15 is 0 Å². The maximum Gasteiger partial charge on any atom is 0.124 e. The highest BCUT2D eigenvalue weighted by atomic mass is 16.5. The smallest absolute Gasteiger partial charge is 0.124 e. The first-order chi connectivity index (χ1) is 8.76. The molecule has 1 N–H and O–H groups in total. The lowest BCUT2D eigenvalue weighted by Gasteiger charge is -2.35. The number of ether oxygens (including phenoxy) is 2. The van der Waals surface area contributed by atoms with Gasteiger partial charge in [0, 0.05) is 31.1 Å². The van der Waals surface area contributed by atoms with Crippen LogP contribution in [0.3, 0.4) is 0 Å². The van der Waals surface area contributed by atoms with Crippen molar-refractivity contribution in [1.82, 2.24) is 5.32 Å². The molecule has 3 heteroatoms.